The second-order valence-electron chi connectivity index (χ2n) is 10.0. The number of aliphatic carboxylic acids is 2. The predicted molar refractivity (Wildman–Crippen MR) is 149 cm³/mol. The van der Waals surface area contributed by atoms with Crippen molar-refractivity contribution in [2.75, 3.05) is 19.7 Å². The number of ether oxygens (including phenoxy) is 1. The molecule has 0 spiro atoms. The van der Waals surface area contributed by atoms with Crippen LogP contribution in [0.1, 0.15) is 41.8 Å². The minimum Gasteiger partial charge on any atom is -0.490 e. The van der Waals surface area contributed by atoms with Crippen LogP contribution >= 0.6 is 11.3 Å². The third-order valence-electron chi connectivity index (χ3n) is 6.93. The van der Waals surface area contributed by atoms with Crippen molar-refractivity contribution in [1.29, 1.82) is 0 Å². The molecule has 0 amide bonds. The molecule has 202 valence electrons. The number of benzene rings is 2. The monoisotopic (exact) mass is 538 g/mol. The van der Waals surface area contributed by atoms with E-state index >= 15 is 0 Å². The molecule has 0 radical (unpaired) electrons. The van der Waals surface area contributed by atoms with E-state index in [0.717, 1.165) is 41.7 Å². The van der Waals surface area contributed by atoms with Gasteiger partial charge in [0.1, 0.15) is 18.5 Å². The summed E-state index contributed by atoms with van der Waals surface area (Å²) in [6.07, 6.45) is 1.78. The number of fused-ring (bicyclic) bond motifs is 2. The van der Waals surface area contributed by atoms with Gasteiger partial charge >= 0.3 is 11.9 Å². The Morgan fingerprint density at radius 3 is 2.61 bits per heavy atom. The first kappa shape index (κ1) is 27.6. The zero-order valence-electron chi connectivity index (χ0n) is 21.8. The molecular weight excluding hydrogens is 504 g/mol. The molecule has 3 heterocycles. The van der Waals surface area contributed by atoms with Crippen molar-refractivity contribution in [2.24, 2.45) is 0 Å². The number of aromatic amines is 1. The number of hydrogen-bond acceptors (Lipinski definition) is 6. The third-order valence-corrected chi connectivity index (χ3v) is 8.19. The molecule has 4 aromatic rings. The Kier molecular flexibility index (Phi) is 8.71. The molecule has 0 bridgehead atoms. The van der Waals surface area contributed by atoms with Gasteiger partial charge in [-0.15, -0.1) is 11.3 Å². The minimum absolute atomic E-state index is 0.311. The van der Waals surface area contributed by atoms with Gasteiger partial charge in [0.05, 0.1) is 0 Å². The number of aromatic nitrogens is 1. The molecule has 2 aromatic carbocycles. The number of hydrogen-bond donors (Lipinski definition) is 4. The summed E-state index contributed by atoms with van der Waals surface area (Å²) < 4.78 is 7.41. The minimum atomic E-state index is -1.82. The Morgan fingerprint density at radius 2 is 1.89 bits per heavy atom. The molecule has 3 atom stereocenters. The van der Waals surface area contributed by atoms with Gasteiger partial charge < -0.3 is 25.0 Å². The highest BCUT2D eigenvalue weighted by molar-refractivity contribution is 7.19. The molecule has 0 unspecified atom stereocenters. The van der Waals surface area contributed by atoms with E-state index in [1.165, 1.54) is 20.5 Å². The molecule has 8 nitrogen and oxygen atoms in total. The molecular formula is C29H34N2O6S. The van der Waals surface area contributed by atoms with Gasteiger partial charge in [-0.1, -0.05) is 18.2 Å². The summed E-state index contributed by atoms with van der Waals surface area (Å²) in [5.74, 6) is -2.20. The number of aliphatic hydroxyl groups is 1. The topological polar surface area (TPSA) is 123 Å². The standard InChI is InChI=1S/C27H32N2O2S.C2H2O4/c1-17-7-8-20-14-27(32-26(20)11-17)21-9-10-29(19(3)13-21)15-22(30)16-31-25-6-4-5-24-23(25)12-18(2)28-24;3-1(4)2(5)6/h4-8,11-12,14,19,21-22,28,30H,9-10,13,15-16H2,1-3H3;(H,3,4)(H,5,6)/t19-,21-,22-;/m0./s1. The van der Waals surface area contributed by atoms with Gasteiger partial charge in [-0.25, -0.2) is 9.59 Å². The van der Waals surface area contributed by atoms with Gasteiger partial charge in [-0.2, -0.15) is 0 Å². The summed E-state index contributed by atoms with van der Waals surface area (Å²) in [5, 5.41) is 27.9. The zero-order chi connectivity index (χ0) is 27.4. The largest absolute Gasteiger partial charge is 0.490 e. The summed E-state index contributed by atoms with van der Waals surface area (Å²) in [6, 6.07) is 17.7. The van der Waals surface area contributed by atoms with Crippen LogP contribution in [-0.4, -0.2) is 69.0 Å². The van der Waals surface area contributed by atoms with Crippen LogP contribution in [0.5, 0.6) is 5.75 Å². The number of aryl methyl sites for hydroxylation is 2. The van der Waals surface area contributed by atoms with Crippen molar-refractivity contribution in [3.63, 3.8) is 0 Å². The normalized spacial score (nSPS) is 18.6. The van der Waals surface area contributed by atoms with E-state index in [9.17, 15) is 5.11 Å². The quantitative estimate of drug-likeness (QED) is 0.250. The average Bonchev–Trinajstić information content (AvgIpc) is 3.46. The van der Waals surface area contributed by atoms with E-state index in [0.29, 0.717) is 25.1 Å². The zero-order valence-corrected chi connectivity index (χ0v) is 22.6. The number of nitrogens with zero attached hydrogens (tertiary/aromatic N) is 1. The Bertz CT molecular complexity index is 1420. The van der Waals surface area contributed by atoms with E-state index in [1.807, 2.05) is 30.4 Å². The second kappa shape index (κ2) is 12.0. The van der Waals surface area contributed by atoms with Crippen LogP contribution in [0.3, 0.4) is 0 Å². The Balaban J connectivity index is 0.000000505. The first-order chi connectivity index (χ1) is 18.1. The highest BCUT2D eigenvalue weighted by Crippen LogP contribution is 2.38. The van der Waals surface area contributed by atoms with Crippen LogP contribution in [0.2, 0.25) is 0 Å². The van der Waals surface area contributed by atoms with Crippen LogP contribution in [-0.2, 0) is 9.59 Å². The van der Waals surface area contributed by atoms with E-state index < -0.39 is 18.0 Å². The number of aliphatic hydroxyl groups excluding tert-OH is 1. The highest BCUT2D eigenvalue weighted by atomic mass is 32.1. The highest BCUT2D eigenvalue weighted by Gasteiger charge is 2.29. The second-order valence-corrected chi connectivity index (χ2v) is 11.1. The fraction of sp³-hybridized carbons (Fsp3) is 0.379. The average molecular weight is 539 g/mol. The molecule has 1 aliphatic heterocycles. The molecule has 5 rings (SSSR count). The molecule has 0 aliphatic carbocycles. The number of nitrogens with one attached hydrogen (secondary N) is 1. The van der Waals surface area contributed by atoms with Crippen LogP contribution in [0.25, 0.3) is 21.0 Å². The van der Waals surface area contributed by atoms with Gasteiger partial charge in [0.25, 0.3) is 0 Å². The van der Waals surface area contributed by atoms with Crippen LogP contribution in [0.4, 0.5) is 0 Å². The number of carboxylic acid groups (broad SMARTS) is 2. The smallest absolute Gasteiger partial charge is 0.414 e. The van der Waals surface area contributed by atoms with Crippen molar-refractivity contribution < 1.29 is 29.6 Å². The van der Waals surface area contributed by atoms with E-state index in [1.54, 1.807) is 0 Å². The van der Waals surface area contributed by atoms with E-state index in [4.69, 9.17) is 24.5 Å². The molecule has 2 aromatic heterocycles. The molecule has 1 saturated heterocycles. The summed E-state index contributed by atoms with van der Waals surface area (Å²) in [6.45, 7) is 8.48. The first-order valence-electron chi connectivity index (χ1n) is 12.7. The summed E-state index contributed by atoms with van der Waals surface area (Å²) >= 11 is 1.95. The number of thiophene rings is 1. The molecule has 4 N–H and O–H groups in total. The lowest BCUT2D eigenvalue weighted by Gasteiger charge is -2.38. The SMILES string of the molecule is Cc1ccc2cc([C@H]3CCN(C[C@H](O)COc4cccc5[nH]c(C)cc45)[C@@H](C)C3)sc2c1.O=C(O)C(=O)O. The number of piperidine rings is 1. The number of β-amino-alcohol motifs (C(OH)–C–C–N with tert-alkyl or cyclic N) is 1. The molecule has 1 aliphatic rings. The third kappa shape index (κ3) is 6.72. The maximum absolute atomic E-state index is 10.7. The lowest BCUT2D eigenvalue weighted by Crippen LogP contribution is -2.45. The van der Waals surface area contributed by atoms with Gasteiger partial charge in [0.2, 0.25) is 0 Å². The fourth-order valence-corrected chi connectivity index (χ4v) is 6.32. The van der Waals surface area contributed by atoms with Gasteiger partial charge in [0, 0.05) is 38.8 Å². The summed E-state index contributed by atoms with van der Waals surface area (Å²) in [7, 11) is 0. The summed E-state index contributed by atoms with van der Waals surface area (Å²) in [4.78, 5) is 25.5. The first-order valence-corrected chi connectivity index (χ1v) is 13.5. The maximum Gasteiger partial charge on any atom is 0.414 e. The van der Waals surface area contributed by atoms with E-state index in [2.05, 4.69) is 60.1 Å². The predicted octanol–water partition coefficient (Wildman–Crippen LogP) is 5.16. The van der Waals surface area contributed by atoms with Crippen molar-refractivity contribution in [3.05, 3.63) is 64.7 Å². The van der Waals surface area contributed by atoms with Crippen molar-refractivity contribution >= 4 is 44.3 Å². The number of likely N-dealkylation sites (tertiary alicyclic amines) is 1. The Hall–Kier alpha value is -3.40. The van der Waals surface area contributed by atoms with Gasteiger partial charge in [0.15, 0.2) is 0 Å². The van der Waals surface area contributed by atoms with Crippen LogP contribution < -0.4 is 4.74 Å². The lowest BCUT2D eigenvalue weighted by atomic mass is 9.90. The van der Waals surface area contributed by atoms with Crippen molar-refractivity contribution in [3.8, 4) is 5.75 Å². The van der Waals surface area contributed by atoms with Crippen LogP contribution in [0, 0.1) is 13.8 Å². The lowest BCUT2D eigenvalue weighted by molar-refractivity contribution is -0.159. The number of carbonyl (C=O) groups is 2. The molecule has 1 fully saturated rings. The maximum atomic E-state index is 10.7. The van der Waals surface area contributed by atoms with Gasteiger partial charge in [-0.3, -0.25) is 4.90 Å². The number of rotatable bonds is 6. The summed E-state index contributed by atoms with van der Waals surface area (Å²) in [5.41, 5.74) is 3.51. The van der Waals surface area contributed by atoms with Gasteiger partial charge in [-0.05, 0) is 87.4 Å². The Labute approximate surface area is 225 Å². The molecule has 9 heteroatoms. The Morgan fingerprint density at radius 1 is 1.13 bits per heavy atom. The van der Waals surface area contributed by atoms with E-state index in [-0.39, 0.29) is 0 Å². The van der Waals surface area contributed by atoms with Crippen molar-refractivity contribution in [2.45, 2.75) is 51.7 Å². The molecule has 38 heavy (non-hydrogen) atoms. The molecule has 0 saturated carbocycles. The fourth-order valence-electron chi connectivity index (χ4n) is 5.01. The van der Waals surface area contributed by atoms with Crippen molar-refractivity contribution in [1.82, 2.24) is 9.88 Å². The van der Waals surface area contributed by atoms with Crippen LogP contribution in [0.15, 0.2) is 48.5 Å². The number of carboxylic acids is 2. The number of H-pyrrole nitrogens is 1.